The van der Waals surface area contributed by atoms with Crippen molar-refractivity contribution in [3.63, 3.8) is 0 Å². The molecular formula is C15H22N4O. The van der Waals surface area contributed by atoms with E-state index >= 15 is 0 Å². The second-order valence-electron chi connectivity index (χ2n) is 4.56. The number of guanidine groups is 1. The highest BCUT2D eigenvalue weighted by Crippen LogP contribution is 2.14. The summed E-state index contributed by atoms with van der Waals surface area (Å²) in [5, 5.41) is 4.27. The number of rotatable bonds is 7. The maximum atomic E-state index is 5.81. The van der Waals surface area contributed by atoms with E-state index in [-0.39, 0.29) is 0 Å². The number of nitrogens with one attached hydrogen (secondary N) is 2. The fourth-order valence-electron chi connectivity index (χ4n) is 1.98. The molecule has 1 aromatic carbocycles. The molecule has 0 saturated heterocycles. The number of aromatic nitrogens is 1. The van der Waals surface area contributed by atoms with Crippen LogP contribution in [0.25, 0.3) is 10.9 Å². The summed E-state index contributed by atoms with van der Waals surface area (Å²) in [4.78, 5) is 7.64. The molecule has 0 spiro atoms. The van der Waals surface area contributed by atoms with Gasteiger partial charge in [-0.2, -0.15) is 0 Å². The van der Waals surface area contributed by atoms with Gasteiger partial charge in [0.05, 0.1) is 6.54 Å². The Morgan fingerprint density at radius 3 is 3.05 bits per heavy atom. The number of nitrogens with zero attached hydrogens (tertiary/aromatic N) is 1. The summed E-state index contributed by atoms with van der Waals surface area (Å²) in [6, 6.07) is 10.3. The normalized spacial score (nSPS) is 11.9. The van der Waals surface area contributed by atoms with Gasteiger partial charge in [-0.15, -0.1) is 0 Å². The van der Waals surface area contributed by atoms with Crippen molar-refractivity contribution in [2.45, 2.75) is 19.9 Å². The zero-order chi connectivity index (χ0) is 14.2. The van der Waals surface area contributed by atoms with E-state index in [4.69, 9.17) is 10.5 Å². The molecule has 5 heteroatoms. The zero-order valence-electron chi connectivity index (χ0n) is 11.9. The molecule has 1 heterocycles. The largest absolute Gasteiger partial charge is 0.382 e. The van der Waals surface area contributed by atoms with Crippen molar-refractivity contribution in [2.24, 2.45) is 10.7 Å². The number of fused-ring (bicyclic) bond motifs is 1. The number of aliphatic imine (C=N–C) groups is 1. The lowest BCUT2D eigenvalue weighted by molar-refractivity contribution is 0.145. The second-order valence-corrected chi connectivity index (χ2v) is 4.56. The smallest absolute Gasteiger partial charge is 0.188 e. The van der Waals surface area contributed by atoms with Gasteiger partial charge in [0.2, 0.25) is 0 Å². The first-order chi connectivity index (χ1) is 9.79. The topological polar surface area (TPSA) is 75.4 Å². The van der Waals surface area contributed by atoms with Crippen molar-refractivity contribution in [1.82, 2.24) is 10.3 Å². The number of nitrogens with two attached hydrogens (primary N) is 1. The van der Waals surface area contributed by atoms with Crippen LogP contribution in [0.4, 0.5) is 0 Å². The lowest BCUT2D eigenvalue weighted by atomic mass is 10.2. The van der Waals surface area contributed by atoms with Gasteiger partial charge in [0.25, 0.3) is 0 Å². The molecule has 2 aromatic rings. The van der Waals surface area contributed by atoms with Crippen LogP contribution >= 0.6 is 0 Å². The Kier molecular flexibility index (Phi) is 5.43. The van der Waals surface area contributed by atoms with Gasteiger partial charge in [0.15, 0.2) is 5.96 Å². The minimum atomic E-state index is 0.472. The molecule has 4 N–H and O–H groups in total. The molecule has 0 aliphatic rings. The minimum Gasteiger partial charge on any atom is -0.382 e. The van der Waals surface area contributed by atoms with E-state index in [9.17, 15) is 0 Å². The Hall–Kier alpha value is -2.01. The van der Waals surface area contributed by atoms with E-state index in [2.05, 4.69) is 33.5 Å². The molecule has 0 radical (unpaired) electrons. The number of para-hydroxylation sites is 1. The van der Waals surface area contributed by atoms with E-state index in [1.807, 2.05) is 19.1 Å². The van der Waals surface area contributed by atoms with Crippen LogP contribution in [-0.4, -0.2) is 30.7 Å². The SMILES string of the molecule is CCOCCCNC(N)=NCc1cc2ccccc2[nH]1. The molecule has 0 saturated carbocycles. The second kappa shape index (κ2) is 7.55. The predicted octanol–water partition coefficient (Wildman–Crippen LogP) is 2.00. The van der Waals surface area contributed by atoms with Gasteiger partial charge < -0.3 is 20.8 Å². The third kappa shape index (κ3) is 4.28. The Morgan fingerprint density at radius 1 is 1.40 bits per heavy atom. The lowest BCUT2D eigenvalue weighted by Gasteiger charge is -2.05. The molecule has 0 fully saturated rings. The number of ether oxygens (including phenoxy) is 1. The number of H-pyrrole nitrogens is 1. The summed E-state index contributed by atoms with van der Waals surface area (Å²) in [6.45, 7) is 4.83. The van der Waals surface area contributed by atoms with Gasteiger partial charge in [0.1, 0.15) is 0 Å². The van der Waals surface area contributed by atoms with Crippen molar-refractivity contribution >= 4 is 16.9 Å². The molecule has 0 amide bonds. The van der Waals surface area contributed by atoms with Gasteiger partial charge in [-0.3, -0.25) is 0 Å². The molecule has 0 aliphatic carbocycles. The highest BCUT2D eigenvalue weighted by atomic mass is 16.5. The third-order valence-corrected chi connectivity index (χ3v) is 2.98. The molecule has 1 aromatic heterocycles. The maximum Gasteiger partial charge on any atom is 0.188 e. The van der Waals surface area contributed by atoms with Crippen molar-refractivity contribution in [1.29, 1.82) is 0 Å². The maximum absolute atomic E-state index is 5.81. The van der Waals surface area contributed by atoms with Gasteiger partial charge in [-0.1, -0.05) is 18.2 Å². The molecule has 0 atom stereocenters. The summed E-state index contributed by atoms with van der Waals surface area (Å²) in [5.41, 5.74) is 8.00. The van der Waals surface area contributed by atoms with Crippen LogP contribution in [0.3, 0.4) is 0 Å². The first-order valence-corrected chi connectivity index (χ1v) is 6.97. The summed E-state index contributed by atoms with van der Waals surface area (Å²) >= 11 is 0. The Bertz CT molecular complexity index is 529. The van der Waals surface area contributed by atoms with Crippen molar-refractivity contribution in [3.8, 4) is 0 Å². The first kappa shape index (κ1) is 14.4. The van der Waals surface area contributed by atoms with E-state index in [1.54, 1.807) is 0 Å². The molecular weight excluding hydrogens is 252 g/mol. The predicted molar refractivity (Wildman–Crippen MR) is 82.7 cm³/mol. The molecule has 0 unspecified atom stereocenters. The monoisotopic (exact) mass is 274 g/mol. The molecule has 108 valence electrons. The highest BCUT2D eigenvalue weighted by Gasteiger charge is 1.99. The minimum absolute atomic E-state index is 0.472. The van der Waals surface area contributed by atoms with E-state index in [0.717, 1.165) is 37.4 Å². The molecule has 20 heavy (non-hydrogen) atoms. The van der Waals surface area contributed by atoms with Crippen LogP contribution in [-0.2, 0) is 11.3 Å². The molecule has 0 aliphatic heterocycles. The van der Waals surface area contributed by atoms with Crippen molar-refractivity contribution in [3.05, 3.63) is 36.0 Å². The molecule has 2 rings (SSSR count). The molecule has 0 bridgehead atoms. The van der Waals surface area contributed by atoms with E-state index in [0.29, 0.717) is 12.5 Å². The summed E-state index contributed by atoms with van der Waals surface area (Å²) in [6.07, 6.45) is 0.927. The lowest BCUT2D eigenvalue weighted by Crippen LogP contribution is -2.32. The van der Waals surface area contributed by atoms with Crippen LogP contribution < -0.4 is 11.1 Å². The number of hydrogen-bond acceptors (Lipinski definition) is 2. The van der Waals surface area contributed by atoms with E-state index < -0.39 is 0 Å². The third-order valence-electron chi connectivity index (χ3n) is 2.98. The quantitative estimate of drug-likeness (QED) is 0.410. The van der Waals surface area contributed by atoms with Crippen LogP contribution in [0.1, 0.15) is 19.0 Å². The number of aromatic amines is 1. The van der Waals surface area contributed by atoms with Crippen LogP contribution in [0, 0.1) is 0 Å². The number of benzene rings is 1. The van der Waals surface area contributed by atoms with Crippen molar-refractivity contribution in [2.75, 3.05) is 19.8 Å². The van der Waals surface area contributed by atoms with Gasteiger partial charge >= 0.3 is 0 Å². The highest BCUT2D eigenvalue weighted by molar-refractivity contribution is 5.80. The Morgan fingerprint density at radius 2 is 2.25 bits per heavy atom. The van der Waals surface area contributed by atoms with Crippen LogP contribution in [0.5, 0.6) is 0 Å². The zero-order valence-corrected chi connectivity index (χ0v) is 11.9. The number of hydrogen-bond donors (Lipinski definition) is 3. The Labute approximate surface area is 119 Å². The first-order valence-electron chi connectivity index (χ1n) is 6.97. The fourth-order valence-corrected chi connectivity index (χ4v) is 1.98. The molecule has 5 nitrogen and oxygen atoms in total. The summed E-state index contributed by atoms with van der Waals surface area (Å²) < 4.78 is 5.25. The van der Waals surface area contributed by atoms with Gasteiger partial charge in [-0.05, 0) is 30.9 Å². The fraction of sp³-hybridized carbons (Fsp3) is 0.400. The van der Waals surface area contributed by atoms with Gasteiger partial charge in [0, 0.05) is 31.0 Å². The van der Waals surface area contributed by atoms with Crippen LogP contribution in [0.15, 0.2) is 35.3 Å². The van der Waals surface area contributed by atoms with E-state index in [1.165, 1.54) is 5.39 Å². The Balaban J connectivity index is 1.79. The summed E-state index contributed by atoms with van der Waals surface area (Å²) in [5.74, 6) is 0.472. The van der Waals surface area contributed by atoms with Crippen molar-refractivity contribution < 1.29 is 4.74 Å². The average molecular weight is 274 g/mol. The van der Waals surface area contributed by atoms with Gasteiger partial charge in [-0.25, -0.2) is 4.99 Å². The summed E-state index contributed by atoms with van der Waals surface area (Å²) in [7, 11) is 0. The average Bonchev–Trinajstić information content (AvgIpc) is 2.88. The standard InChI is InChI=1S/C15H22N4O/c1-2-20-9-5-8-17-15(16)18-11-13-10-12-6-3-4-7-14(12)19-13/h3-4,6-7,10,19H,2,5,8-9,11H2,1H3,(H3,16,17,18). The van der Waals surface area contributed by atoms with Crippen LogP contribution in [0.2, 0.25) is 0 Å².